The van der Waals surface area contributed by atoms with Gasteiger partial charge < -0.3 is 10.6 Å². The molecule has 1 heterocycles. The molecule has 1 saturated heterocycles. The van der Waals surface area contributed by atoms with Gasteiger partial charge in [-0.05, 0) is 37.1 Å². The fourth-order valence-corrected chi connectivity index (χ4v) is 2.27. The number of rotatable bonds is 3. The third-order valence-electron chi connectivity index (χ3n) is 3.02. The Bertz CT molecular complexity index is 389. The van der Waals surface area contributed by atoms with Gasteiger partial charge in [0, 0.05) is 18.1 Å². The van der Waals surface area contributed by atoms with Crippen LogP contribution in [0.5, 0.6) is 0 Å². The van der Waals surface area contributed by atoms with Gasteiger partial charge in [0.05, 0.1) is 5.92 Å². The SMILES string of the molecule is O=C(NCc1cccc(Cl)c1)C1CCCNC1. The molecule has 1 aliphatic rings. The van der Waals surface area contributed by atoms with Crippen LogP contribution in [-0.4, -0.2) is 19.0 Å². The molecule has 0 bridgehead atoms. The average molecular weight is 253 g/mol. The Morgan fingerprint density at radius 2 is 2.41 bits per heavy atom. The van der Waals surface area contributed by atoms with Crippen molar-refractivity contribution in [1.82, 2.24) is 10.6 Å². The molecule has 0 aliphatic carbocycles. The number of nitrogens with one attached hydrogen (secondary N) is 2. The molecule has 92 valence electrons. The van der Waals surface area contributed by atoms with Crippen LogP contribution in [0.3, 0.4) is 0 Å². The van der Waals surface area contributed by atoms with Crippen molar-refractivity contribution in [1.29, 1.82) is 0 Å². The molecule has 0 radical (unpaired) electrons. The molecule has 1 unspecified atom stereocenters. The summed E-state index contributed by atoms with van der Waals surface area (Å²) >= 11 is 5.89. The van der Waals surface area contributed by atoms with E-state index in [1.54, 1.807) is 0 Å². The van der Waals surface area contributed by atoms with Crippen LogP contribution in [-0.2, 0) is 11.3 Å². The minimum Gasteiger partial charge on any atom is -0.352 e. The number of halogens is 1. The highest BCUT2D eigenvalue weighted by atomic mass is 35.5. The first-order valence-corrected chi connectivity index (χ1v) is 6.36. The lowest BCUT2D eigenvalue weighted by Gasteiger charge is -2.21. The molecule has 0 aromatic heterocycles. The Labute approximate surface area is 107 Å². The van der Waals surface area contributed by atoms with Gasteiger partial charge in [-0.25, -0.2) is 0 Å². The van der Waals surface area contributed by atoms with E-state index in [1.165, 1.54) is 0 Å². The van der Waals surface area contributed by atoms with Crippen molar-refractivity contribution in [2.75, 3.05) is 13.1 Å². The largest absolute Gasteiger partial charge is 0.352 e. The van der Waals surface area contributed by atoms with E-state index in [4.69, 9.17) is 11.6 Å². The molecule has 1 atom stereocenters. The first kappa shape index (κ1) is 12.4. The van der Waals surface area contributed by atoms with Crippen molar-refractivity contribution in [2.45, 2.75) is 19.4 Å². The van der Waals surface area contributed by atoms with Crippen LogP contribution in [0, 0.1) is 5.92 Å². The Morgan fingerprint density at radius 1 is 1.53 bits per heavy atom. The van der Waals surface area contributed by atoms with Crippen LogP contribution in [0.2, 0.25) is 5.02 Å². The third kappa shape index (κ3) is 3.72. The van der Waals surface area contributed by atoms with Gasteiger partial charge in [-0.1, -0.05) is 23.7 Å². The maximum atomic E-state index is 11.9. The number of amides is 1. The molecule has 3 nitrogen and oxygen atoms in total. The van der Waals surface area contributed by atoms with Gasteiger partial charge in [-0.3, -0.25) is 4.79 Å². The lowest BCUT2D eigenvalue weighted by molar-refractivity contribution is -0.125. The zero-order chi connectivity index (χ0) is 12.1. The van der Waals surface area contributed by atoms with Gasteiger partial charge in [0.1, 0.15) is 0 Å². The summed E-state index contributed by atoms with van der Waals surface area (Å²) in [7, 11) is 0. The summed E-state index contributed by atoms with van der Waals surface area (Å²) in [5.41, 5.74) is 1.04. The minimum absolute atomic E-state index is 0.114. The second-order valence-corrected chi connectivity index (χ2v) is 4.83. The van der Waals surface area contributed by atoms with E-state index in [-0.39, 0.29) is 11.8 Å². The van der Waals surface area contributed by atoms with Crippen LogP contribution in [0.25, 0.3) is 0 Å². The summed E-state index contributed by atoms with van der Waals surface area (Å²) in [5, 5.41) is 6.90. The van der Waals surface area contributed by atoms with Crippen LogP contribution >= 0.6 is 11.6 Å². The normalized spacial score (nSPS) is 19.9. The number of benzene rings is 1. The summed E-state index contributed by atoms with van der Waals surface area (Å²) in [6, 6.07) is 7.57. The fourth-order valence-electron chi connectivity index (χ4n) is 2.06. The summed E-state index contributed by atoms with van der Waals surface area (Å²) in [5.74, 6) is 0.250. The van der Waals surface area contributed by atoms with Crippen molar-refractivity contribution in [3.05, 3.63) is 34.9 Å². The molecule has 1 amide bonds. The standard InChI is InChI=1S/C13H17ClN2O/c14-12-5-1-3-10(7-12)8-16-13(17)11-4-2-6-15-9-11/h1,3,5,7,11,15H,2,4,6,8-9H2,(H,16,17). The average Bonchev–Trinajstić information content (AvgIpc) is 2.37. The van der Waals surface area contributed by atoms with Crippen LogP contribution in [0.4, 0.5) is 0 Å². The summed E-state index contributed by atoms with van der Waals surface area (Å²) in [4.78, 5) is 11.9. The molecule has 17 heavy (non-hydrogen) atoms. The molecule has 1 fully saturated rings. The zero-order valence-electron chi connectivity index (χ0n) is 9.71. The van der Waals surface area contributed by atoms with E-state index < -0.39 is 0 Å². The molecule has 1 aliphatic heterocycles. The topological polar surface area (TPSA) is 41.1 Å². The number of carbonyl (C=O) groups excluding carboxylic acids is 1. The monoisotopic (exact) mass is 252 g/mol. The number of hydrogen-bond acceptors (Lipinski definition) is 2. The fraction of sp³-hybridized carbons (Fsp3) is 0.462. The van der Waals surface area contributed by atoms with E-state index in [0.717, 1.165) is 31.5 Å². The summed E-state index contributed by atoms with van der Waals surface area (Å²) < 4.78 is 0. The van der Waals surface area contributed by atoms with E-state index in [1.807, 2.05) is 24.3 Å². The van der Waals surface area contributed by atoms with Gasteiger partial charge in [0.2, 0.25) is 5.91 Å². The van der Waals surface area contributed by atoms with E-state index in [9.17, 15) is 4.79 Å². The molecule has 0 saturated carbocycles. The Kier molecular flexibility index (Phi) is 4.40. The van der Waals surface area contributed by atoms with Gasteiger partial charge in [0.25, 0.3) is 0 Å². The van der Waals surface area contributed by atoms with Gasteiger partial charge in [-0.15, -0.1) is 0 Å². The second-order valence-electron chi connectivity index (χ2n) is 4.39. The Balaban J connectivity index is 1.83. The second kappa shape index (κ2) is 6.03. The lowest BCUT2D eigenvalue weighted by Crippen LogP contribution is -2.40. The summed E-state index contributed by atoms with van der Waals surface area (Å²) in [6.45, 7) is 2.37. The van der Waals surface area contributed by atoms with Crippen molar-refractivity contribution >= 4 is 17.5 Å². The van der Waals surface area contributed by atoms with Crippen molar-refractivity contribution in [2.24, 2.45) is 5.92 Å². The Hall–Kier alpha value is -1.06. The lowest BCUT2D eigenvalue weighted by atomic mass is 9.99. The van der Waals surface area contributed by atoms with Crippen molar-refractivity contribution < 1.29 is 4.79 Å². The molecule has 4 heteroatoms. The zero-order valence-corrected chi connectivity index (χ0v) is 10.5. The predicted octanol–water partition coefficient (Wildman–Crippen LogP) is 1.96. The highest BCUT2D eigenvalue weighted by Gasteiger charge is 2.20. The molecule has 1 aromatic rings. The summed E-state index contributed by atoms with van der Waals surface area (Å²) in [6.07, 6.45) is 2.06. The highest BCUT2D eigenvalue weighted by molar-refractivity contribution is 6.30. The molecular weight excluding hydrogens is 236 g/mol. The highest BCUT2D eigenvalue weighted by Crippen LogP contribution is 2.12. The number of hydrogen-bond donors (Lipinski definition) is 2. The molecule has 1 aromatic carbocycles. The predicted molar refractivity (Wildman–Crippen MR) is 68.9 cm³/mol. The molecule has 2 N–H and O–H groups in total. The van der Waals surface area contributed by atoms with E-state index >= 15 is 0 Å². The molecular formula is C13H17ClN2O. The molecule has 2 rings (SSSR count). The van der Waals surface area contributed by atoms with Crippen LogP contribution < -0.4 is 10.6 Å². The Morgan fingerprint density at radius 3 is 3.12 bits per heavy atom. The van der Waals surface area contributed by atoms with Crippen LogP contribution in [0.1, 0.15) is 18.4 Å². The maximum absolute atomic E-state index is 11.9. The minimum atomic E-state index is 0.114. The van der Waals surface area contributed by atoms with E-state index in [0.29, 0.717) is 11.6 Å². The number of carbonyl (C=O) groups is 1. The third-order valence-corrected chi connectivity index (χ3v) is 3.26. The van der Waals surface area contributed by atoms with Crippen LogP contribution in [0.15, 0.2) is 24.3 Å². The first-order valence-electron chi connectivity index (χ1n) is 5.98. The van der Waals surface area contributed by atoms with Gasteiger partial charge >= 0.3 is 0 Å². The van der Waals surface area contributed by atoms with Crippen molar-refractivity contribution in [3.8, 4) is 0 Å². The van der Waals surface area contributed by atoms with E-state index in [2.05, 4.69) is 10.6 Å². The first-order chi connectivity index (χ1) is 8.25. The number of piperidine rings is 1. The quantitative estimate of drug-likeness (QED) is 0.864. The maximum Gasteiger partial charge on any atom is 0.224 e. The smallest absolute Gasteiger partial charge is 0.224 e. The molecule has 0 spiro atoms. The van der Waals surface area contributed by atoms with Gasteiger partial charge in [-0.2, -0.15) is 0 Å². The van der Waals surface area contributed by atoms with Crippen molar-refractivity contribution in [3.63, 3.8) is 0 Å². The van der Waals surface area contributed by atoms with Gasteiger partial charge in [0.15, 0.2) is 0 Å².